The third kappa shape index (κ3) is 4.62. The number of rotatable bonds is 7. The second-order valence-corrected chi connectivity index (χ2v) is 6.08. The molecule has 0 heterocycles. The SMILES string of the molecule is CCN(CC)C(C)OC(=O)C(C)(c1ccccc1)c1ccccc1.Cl. The number of nitrogens with zero attached hydrogens (tertiary/aromatic N) is 1. The van der Waals surface area contributed by atoms with Crippen molar-refractivity contribution in [3.05, 3.63) is 71.8 Å². The largest absolute Gasteiger partial charge is 0.446 e. The van der Waals surface area contributed by atoms with Crippen LogP contribution in [-0.2, 0) is 14.9 Å². The lowest BCUT2D eigenvalue weighted by molar-refractivity contribution is -0.162. The number of carbonyl (C=O) groups excluding carboxylic acids is 1. The molecule has 1 unspecified atom stereocenters. The number of halogens is 1. The van der Waals surface area contributed by atoms with E-state index in [1.807, 2.05) is 74.5 Å². The van der Waals surface area contributed by atoms with E-state index in [0.717, 1.165) is 24.2 Å². The maximum Gasteiger partial charge on any atom is 0.322 e. The Kier molecular flexibility index (Phi) is 8.14. The number of benzene rings is 2. The van der Waals surface area contributed by atoms with E-state index in [0.29, 0.717) is 0 Å². The highest BCUT2D eigenvalue weighted by Gasteiger charge is 2.39. The minimum absolute atomic E-state index is 0. The van der Waals surface area contributed by atoms with Gasteiger partial charge < -0.3 is 4.74 Å². The van der Waals surface area contributed by atoms with Gasteiger partial charge in [0.05, 0.1) is 0 Å². The van der Waals surface area contributed by atoms with Gasteiger partial charge in [0.2, 0.25) is 0 Å². The van der Waals surface area contributed by atoms with Gasteiger partial charge in [-0.05, 0) is 38.1 Å². The molecule has 25 heavy (non-hydrogen) atoms. The second kappa shape index (κ2) is 9.59. The fraction of sp³-hybridized carbons (Fsp3) is 0.381. The minimum Gasteiger partial charge on any atom is -0.446 e. The molecule has 0 fully saturated rings. The molecule has 1 atom stereocenters. The Morgan fingerprint density at radius 3 is 1.72 bits per heavy atom. The van der Waals surface area contributed by atoms with Crippen molar-refractivity contribution in [2.45, 2.75) is 39.3 Å². The quantitative estimate of drug-likeness (QED) is 0.531. The standard InChI is InChI=1S/C21H27NO2.ClH/c1-5-22(6-2)17(3)24-20(23)21(4,18-13-9-7-10-14-18)19-15-11-8-12-16-19;/h7-17H,5-6H2,1-4H3;1H. The van der Waals surface area contributed by atoms with E-state index in [-0.39, 0.29) is 24.6 Å². The summed E-state index contributed by atoms with van der Waals surface area (Å²) >= 11 is 0. The number of esters is 1. The van der Waals surface area contributed by atoms with Crippen LogP contribution in [0.3, 0.4) is 0 Å². The van der Waals surface area contributed by atoms with Crippen LogP contribution in [-0.4, -0.2) is 30.2 Å². The first kappa shape index (κ1) is 21.2. The molecule has 0 saturated heterocycles. The van der Waals surface area contributed by atoms with Gasteiger partial charge in [0, 0.05) is 0 Å². The Hall–Kier alpha value is -1.84. The van der Waals surface area contributed by atoms with E-state index < -0.39 is 5.41 Å². The minimum atomic E-state index is -0.829. The summed E-state index contributed by atoms with van der Waals surface area (Å²) in [6.45, 7) is 9.70. The molecular weight excluding hydrogens is 334 g/mol. The molecular formula is C21H28ClNO2. The maximum absolute atomic E-state index is 13.2. The lowest BCUT2D eigenvalue weighted by Gasteiger charge is -2.33. The Morgan fingerprint density at radius 2 is 1.36 bits per heavy atom. The maximum atomic E-state index is 13.2. The zero-order chi connectivity index (χ0) is 17.6. The van der Waals surface area contributed by atoms with Crippen molar-refractivity contribution in [2.24, 2.45) is 0 Å². The van der Waals surface area contributed by atoms with Crippen LogP contribution in [0.1, 0.15) is 38.8 Å². The average Bonchev–Trinajstić information content (AvgIpc) is 2.63. The van der Waals surface area contributed by atoms with Crippen LogP contribution in [0.5, 0.6) is 0 Å². The first-order valence-corrected chi connectivity index (χ1v) is 8.60. The lowest BCUT2D eigenvalue weighted by Crippen LogP contribution is -2.42. The van der Waals surface area contributed by atoms with Gasteiger partial charge in [0.1, 0.15) is 5.41 Å². The third-order valence-electron chi connectivity index (χ3n) is 4.71. The molecule has 0 aliphatic heterocycles. The molecule has 0 saturated carbocycles. The van der Waals surface area contributed by atoms with Gasteiger partial charge in [0.25, 0.3) is 0 Å². The summed E-state index contributed by atoms with van der Waals surface area (Å²) in [5.74, 6) is -0.223. The fourth-order valence-electron chi connectivity index (χ4n) is 3.03. The predicted molar refractivity (Wildman–Crippen MR) is 105 cm³/mol. The molecule has 0 amide bonds. The van der Waals surface area contributed by atoms with Crippen LogP contribution in [0.15, 0.2) is 60.7 Å². The Bertz CT molecular complexity index is 602. The zero-order valence-corrected chi connectivity index (χ0v) is 16.3. The Labute approximate surface area is 157 Å². The van der Waals surface area contributed by atoms with Gasteiger partial charge in [-0.15, -0.1) is 12.4 Å². The second-order valence-electron chi connectivity index (χ2n) is 6.08. The summed E-state index contributed by atoms with van der Waals surface area (Å²) in [6.07, 6.45) is -0.251. The van der Waals surface area contributed by atoms with E-state index in [1.54, 1.807) is 0 Å². The number of carbonyl (C=O) groups is 1. The molecule has 4 heteroatoms. The molecule has 0 spiro atoms. The van der Waals surface area contributed by atoms with E-state index in [4.69, 9.17) is 4.74 Å². The first-order chi connectivity index (χ1) is 11.5. The first-order valence-electron chi connectivity index (χ1n) is 8.60. The number of hydrogen-bond acceptors (Lipinski definition) is 3. The summed E-state index contributed by atoms with van der Waals surface area (Å²) in [7, 11) is 0. The van der Waals surface area contributed by atoms with Crippen LogP contribution in [0.25, 0.3) is 0 Å². The Morgan fingerprint density at radius 1 is 0.960 bits per heavy atom. The van der Waals surface area contributed by atoms with Crippen molar-refractivity contribution in [1.82, 2.24) is 4.90 Å². The van der Waals surface area contributed by atoms with Crippen molar-refractivity contribution in [3.8, 4) is 0 Å². The van der Waals surface area contributed by atoms with Crippen LogP contribution in [0.4, 0.5) is 0 Å². The van der Waals surface area contributed by atoms with Gasteiger partial charge in [0.15, 0.2) is 6.23 Å². The van der Waals surface area contributed by atoms with E-state index >= 15 is 0 Å². The molecule has 2 rings (SSSR count). The molecule has 0 aliphatic carbocycles. The Balaban J connectivity index is 0.00000312. The van der Waals surface area contributed by atoms with E-state index in [1.165, 1.54) is 0 Å². The molecule has 0 aromatic heterocycles. The van der Waals surface area contributed by atoms with Crippen LogP contribution >= 0.6 is 12.4 Å². The molecule has 2 aromatic carbocycles. The van der Waals surface area contributed by atoms with Crippen molar-refractivity contribution in [2.75, 3.05) is 13.1 Å². The zero-order valence-electron chi connectivity index (χ0n) is 15.4. The van der Waals surface area contributed by atoms with E-state index in [2.05, 4.69) is 18.7 Å². The van der Waals surface area contributed by atoms with E-state index in [9.17, 15) is 4.79 Å². The van der Waals surface area contributed by atoms with Crippen LogP contribution in [0, 0.1) is 0 Å². The summed E-state index contributed by atoms with van der Waals surface area (Å²) in [6, 6.07) is 19.7. The topological polar surface area (TPSA) is 29.5 Å². The summed E-state index contributed by atoms with van der Waals surface area (Å²) in [4.78, 5) is 15.3. The molecule has 136 valence electrons. The summed E-state index contributed by atoms with van der Waals surface area (Å²) in [5, 5.41) is 0. The lowest BCUT2D eigenvalue weighted by atomic mass is 9.76. The van der Waals surface area contributed by atoms with Gasteiger partial charge in [-0.1, -0.05) is 74.5 Å². The molecule has 0 aliphatic rings. The van der Waals surface area contributed by atoms with Crippen LogP contribution in [0.2, 0.25) is 0 Å². The molecule has 0 N–H and O–H groups in total. The van der Waals surface area contributed by atoms with Crippen molar-refractivity contribution in [3.63, 3.8) is 0 Å². The fourth-order valence-corrected chi connectivity index (χ4v) is 3.03. The van der Waals surface area contributed by atoms with Crippen molar-refractivity contribution in [1.29, 1.82) is 0 Å². The smallest absolute Gasteiger partial charge is 0.322 e. The highest BCUT2D eigenvalue weighted by Crippen LogP contribution is 2.33. The molecule has 0 bridgehead atoms. The molecule has 2 aromatic rings. The normalized spacial score (nSPS) is 12.4. The van der Waals surface area contributed by atoms with Crippen molar-refractivity contribution < 1.29 is 9.53 Å². The number of ether oxygens (including phenoxy) is 1. The molecule has 0 radical (unpaired) electrons. The predicted octanol–water partition coefficient (Wildman–Crippen LogP) is 4.65. The van der Waals surface area contributed by atoms with Crippen LogP contribution < -0.4 is 0 Å². The van der Waals surface area contributed by atoms with Crippen molar-refractivity contribution >= 4 is 18.4 Å². The average molecular weight is 362 g/mol. The molecule has 3 nitrogen and oxygen atoms in total. The van der Waals surface area contributed by atoms with Gasteiger partial charge in [-0.25, -0.2) is 0 Å². The van der Waals surface area contributed by atoms with Gasteiger partial charge >= 0.3 is 5.97 Å². The number of hydrogen-bond donors (Lipinski definition) is 0. The van der Waals surface area contributed by atoms with Gasteiger partial charge in [-0.3, -0.25) is 9.69 Å². The monoisotopic (exact) mass is 361 g/mol. The summed E-state index contributed by atoms with van der Waals surface area (Å²) in [5.41, 5.74) is 1.05. The summed E-state index contributed by atoms with van der Waals surface area (Å²) < 4.78 is 5.86. The third-order valence-corrected chi connectivity index (χ3v) is 4.71. The highest BCUT2D eigenvalue weighted by atomic mass is 35.5. The van der Waals surface area contributed by atoms with Gasteiger partial charge in [-0.2, -0.15) is 0 Å². The highest BCUT2D eigenvalue weighted by molar-refractivity contribution is 5.87.